The number of hydrogen-bond acceptors (Lipinski definition) is 4. The van der Waals surface area contributed by atoms with Gasteiger partial charge in [0.1, 0.15) is 5.82 Å². The van der Waals surface area contributed by atoms with Crippen molar-refractivity contribution in [2.45, 2.75) is 32.7 Å². The quantitative estimate of drug-likeness (QED) is 0.938. The van der Waals surface area contributed by atoms with E-state index < -0.39 is 0 Å². The highest BCUT2D eigenvalue weighted by molar-refractivity contribution is 5.49. The molecule has 5 nitrogen and oxygen atoms in total. The molecule has 2 aromatic rings. The molecule has 21 heavy (non-hydrogen) atoms. The lowest BCUT2D eigenvalue weighted by molar-refractivity contribution is 0.573. The monoisotopic (exact) mass is 285 g/mol. The van der Waals surface area contributed by atoms with Crippen LogP contribution in [-0.4, -0.2) is 27.9 Å². The van der Waals surface area contributed by atoms with Gasteiger partial charge in [-0.25, -0.2) is 4.98 Å². The lowest BCUT2D eigenvalue weighted by Gasteiger charge is -2.27. The molecule has 5 heteroatoms. The first-order valence-electron chi connectivity index (χ1n) is 7.66. The summed E-state index contributed by atoms with van der Waals surface area (Å²) >= 11 is 0. The van der Waals surface area contributed by atoms with Gasteiger partial charge in [-0.3, -0.25) is 4.68 Å². The third-order valence-corrected chi connectivity index (χ3v) is 4.03. The first-order chi connectivity index (χ1) is 10.2. The highest BCUT2D eigenvalue weighted by Gasteiger charge is 2.11. The van der Waals surface area contributed by atoms with Crippen molar-refractivity contribution in [3.05, 3.63) is 35.8 Å². The van der Waals surface area contributed by atoms with Crippen molar-refractivity contribution in [1.29, 1.82) is 0 Å². The fourth-order valence-corrected chi connectivity index (χ4v) is 2.82. The Morgan fingerprint density at radius 2 is 2.00 bits per heavy atom. The van der Waals surface area contributed by atoms with Crippen molar-refractivity contribution in [2.24, 2.45) is 7.05 Å². The molecule has 112 valence electrons. The molecule has 1 saturated heterocycles. The smallest absolute Gasteiger partial charge is 0.128 e. The van der Waals surface area contributed by atoms with Crippen molar-refractivity contribution in [2.75, 3.05) is 23.3 Å². The van der Waals surface area contributed by atoms with Crippen LogP contribution >= 0.6 is 0 Å². The Morgan fingerprint density at radius 1 is 1.19 bits per heavy atom. The SMILES string of the molecule is Cc1nn(C)cc1CNc1ccc(N2CCCCC2)nc1. The average molecular weight is 285 g/mol. The number of piperidine rings is 1. The second kappa shape index (κ2) is 6.16. The first-order valence-corrected chi connectivity index (χ1v) is 7.66. The third-order valence-electron chi connectivity index (χ3n) is 4.03. The Morgan fingerprint density at radius 3 is 2.62 bits per heavy atom. The van der Waals surface area contributed by atoms with E-state index in [1.54, 1.807) is 0 Å². The second-order valence-corrected chi connectivity index (χ2v) is 5.72. The molecule has 0 amide bonds. The number of anilines is 2. The Hall–Kier alpha value is -2.04. The zero-order chi connectivity index (χ0) is 14.7. The normalized spacial score (nSPS) is 15.2. The second-order valence-electron chi connectivity index (χ2n) is 5.72. The molecule has 1 aliphatic rings. The van der Waals surface area contributed by atoms with Gasteiger partial charge in [0.25, 0.3) is 0 Å². The largest absolute Gasteiger partial charge is 0.380 e. The topological polar surface area (TPSA) is 46.0 Å². The third kappa shape index (κ3) is 3.35. The van der Waals surface area contributed by atoms with Gasteiger partial charge in [-0.2, -0.15) is 5.10 Å². The van der Waals surface area contributed by atoms with E-state index in [0.717, 1.165) is 36.8 Å². The van der Waals surface area contributed by atoms with Gasteiger partial charge >= 0.3 is 0 Å². The van der Waals surface area contributed by atoms with Crippen molar-refractivity contribution in [3.8, 4) is 0 Å². The molecular weight excluding hydrogens is 262 g/mol. The number of nitrogens with one attached hydrogen (secondary N) is 1. The summed E-state index contributed by atoms with van der Waals surface area (Å²) in [6, 6.07) is 4.23. The van der Waals surface area contributed by atoms with E-state index in [9.17, 15) is 0 Å². The lowest BCUT2D eigenvalue weighted by Crippen LogP contribution is -2.30. The van der Waals surface area contributed by atoms with Crippen molar-refractivity contribution >= 4 is 11.5 Å². The highest BCUT2D eigenvalue weighted by atomic mass is 15.3. The number of pyridine rings is 1. The summed E-state index contributed by atoms with van der Waals surface area (Å²) in [5.74, 6) is 1.10. The molecule has 1 fully saturated rings. The van der Waals surface area contributed by atoms with E-state index in [1.807, 2.05) is 24.9 Å². The van der Waals surface area contributed by atoms with E-state index in [1.165, 1.54) is 24.8 Å². The molecule has 0 radical (unpaired) electrons. The van der Waals surface area contributed by atoms with E-state index >= 15 is 0 Å². The molecular formula is C16H23N5. The van der Waals surface area contributed by atoms with Gasteiger partial charge < -0.3 is 10.2 Å². The van der Waals surface area contributed by atoms with Gasteiger partial charge in [-0.15, -0.1) is 0 Å². The van der Waals surface area contributed by atoms with E-state index in [4.69, 9.17) is 0 Å². The van der Waals surface area contributed by atoms with Crippen LogP contribution < -0.4 is 10.2 Å². The number of hydrogen-bond donors (Lipinski definition) is 1. The molecule has 0 spiro atoms. The summed E-state index contributed by atoms with van der Waals surface area (Å²) in [7, 11) is 1.95. The molecule has 0 saturated carbocycles. The fraction of sp³-hybridized carbons (Fsp3) is 0.500. The predicted molar refractivity (Wildman–Crippen MR) is 85.6 cm³/mol. The van der Waals surface area contributed by atoms with Crippen LogP contribution in [0.3, 0.4) is 0 Å². The summed E-state index contributed by atoms with van der Waals surface area (Å²) in [6.07, 6.45) is 7.89. The minimum atomic E-state index is 0.782. The summed E-state index contributed by atoms with van der Waals surface area (Å²) in [4.78, 5) is 6.96. The molecule has 1 N–H and O–H groups in total. The Labute approximate surface area is 126 Å². The number of nitrogens with zero attached hydrogens (tertiary/aromatic N) is 4. The standard InChI is InChI=1S/C16H23N5/c1-13-14(12-20(2)19-13)10-17-15-6-7-16(18-11-15)21-8-4-3-5-9-21/h6-7,11-12,17H,3-5,8-10H2,1-2H3. The number of aromatic nitrogens is 3. The van der Waals surface area contributed by atoms with Crippen LogP contribution in [-0.2, 0) is 13.6 Å². The zero-order valence-corrected chi connectivity index (χ0v) is 12.8. The predicted octanol–water partition coefficient (Wildman–Crippen LogP) is 2.73. The van der Waals surface area contributed by atoms with Crippen LogP contribution in [0, 0.1) is 6.92 Å². The van der Waals surface area contributed by atoms with Crippen LogP contribution in [0.1, 0.15) is 30.5 Å². The van der Waals surface area contributed by atoms with Gasteiger partial charge in [0.05, 0.1) is 17.6 Å². The minimum absolute atomic E-state index is 0.782. The molecule has 2 aromatic heterocycles. The molecule has 1 aliphatic heterocycles. The van der Waals surface area contributed by atoms with Crippen LogP contribution in [0.25, 0.3) is 0 Å². The molecule has 0 aromatic carbocycles. The molecule has 0 bridgehead atoms. The van der Waals surface area contributed by atoms with E-state index in [0.29, 0.717) is 0 Å². The molecule has 0 atom stereocenters. The number of rotatable bonds is 4. The van der Waals surface area contributed by atoms with Crippen LogP contribution in [0.15, 0.2) is 24.5 Å². The zero-order valence-electron chi connectivity index (χ0n) is 12.8. The summed E-state index contributed by atoms with van der Waals surface area (Å²) in [5.41, 5.74) is 3.35. The van der Waals surface area contributed by atoms with Crippen LogP contribution in [0.5, 0.6) is 0 Å². The summed E-state index contributed by atoms with van der Waals surface area (Å²) < 4.78 is 1.85. The first kappa shape index (κ1) is 13.9. The van der Waals surface area contributed by atoms with Crippen molar-refractivity contribution < 1.29 is 0 Å². The Kier molecular flexibility index (Phi) is 4.08. The highest BCUT2D eigenvalue weighted by Crippen LogP contribution is 2.19. The maximum Gasteiger partial charge on any atom is 0.128 e. The summed E-state index contributed by atoms with van der Waals surface area (Å²) in [6.45, 7) is 5.09. The van der Waals surface area contributed by atoms with E-state index in [2.05, 4.69) is 38.6 Å². The number of aryl methyl sites for hydroxylation is 2. The molecule has 0 unspecified atom stereocenters. The molecule has 3 rings (SSSR count). The van der Waals surface area contributed by atoms with Gasteiger partial charge in [-0.1, -0.05) is 0 Å². The van der Waals surface area contributed by atoms with Gasteiger partial charge in [-0.05, 0) is 38.3 Å². The summed E-state index contributed by atoms with van der Waals surface area (Å²) in [5, 5.41) is 7.76. The van der Waals surface area contributed by atoms with Crippen molar-refractivity contribution in [3.63, 3.8) is 0 Å². The van der Waals surface area contributed by atoms with Gasteiger partial charge in [0, 0.05) is 38.4 Å². The Balaban J connectivity index is 1.60. The minimum Gasteiger partial charge on any atom is -0.380 e. The van der Waals surface area contributed by atoms with Gasteiger partial charge in [0.2, 0.25) is 0 Å². The Bertz CT molecular complexity index is 581. The van der Waals surface area contributed by atoms with Crippen LogP contribution in [0.4, 0.5) is 11.5 Å². The fourth-order valence-electron chi connectivity index (χ4n) is 2.82. The van der Waals surface area contributed by atoms with Crippen molar-refractivity contribution in [1.82, 2.24) is 14.8 Å². The maximum atomic E-state index is 4.58. The maximum absolute atomic E-state index is 4.58. The molecule has 0 aliphatic carbocycles. The van der Waals surface area contributed by atoms with Crippen LogP contribution in [0.2, 0.25) is 0 Å². The van der Waals surface area contributed by atoms with E-state index in [-0.39, 0.29) is 0 Å². The van der Waals surface area contributed by atoms with Gasteiger partial charge in [0.15, 0.2) is 0 Å². The lowest BCUT2D eigenvalue weighted by atomic mass is 10.1. The average Bonchev–Trinajstić information content (AvgIpc) is 2.84. The molecule has 3 heterocycles.